The molecule has 0 saturated carbocycles. The summed E-state index contributed by atoms with van der Waals surface area (Å²) >= 11 is 1.55. The number of amides is 1. The first-order chi connectivity index (χ1) is 9.22. The van der Waals surface area contributed by atoms with E-state index in [9.17, 15) is 4.79 Å². The second-order valence-electron chi connectivity index (χ2n) is 4.56. The van der Waals surface area contributed by atoms with E-state index in [0.29, 0.717) is 6.54 Å². The van der Waals surface area contributed by atoms with Gasteiger partial charge in [-0.05, 0) is 36.4 Å². The van der Waals surface area contributed by atoms with Gasteiger partial charge in [0.05, 0.1) is 5.56 Å². The SMILES string of the molecule is CC[C@H](C)N(Cc1cccnc1)C(=O)c1ccsc1. The van der Waals surface area contributed by atoms with Crippen molar-refractivity contribution in [1.82, 2.24) is 9.88 Å². The Balaban J connectivity index is 2.19. The van der Waals surface area contributed by atoms with Gasteiger partial charge in [0.15, 0.2) is 0 Å². The number of carbonyl (C=O) groups excluding carboxylic acids is 1. The molecule has 0 spiro atoms. The van der Waals surface area contributed by atoms with E-state index in [1.165, 1.54) is 0 Å². The fraction of sp³-hybridized carbons (Fsp3) is 0.333. The Hall–Kier alpha value is -1.68. The molecule has 0 fully saturated rings. The van der Waals surface area contributed by atoms with E-state index in [2.05, 4.69) is 18.8 Å². The number of thiophene rings is 1. The van der Waals surface area contributed by atoms with Crippen LogP contribution in [0.3, 0.4) is 0 Å². The Labute approximate surface area is 117 Å². The molecule has 2 rings (SSSR count). The number of rotatable bonds is 5. The minimum Gasteiger partial charge on any atom is -0.332 e. The molecule has 0 aliphatic carbocycles. The lowest BCUT2D eigenvalue weighted by Gasteiger charge is -2.28. The molecule has 3 nitrogen and oxygen atoms in total. The van der Waals surface area contributed by atoms with Crippen LogP contribution in [0.25, 0.3) is 0 Å². The number of hydrogen-bond donors (Lipinski definition) is 0. The van der Waals surface area contributed by atoms with Crippen LogP contribution in [0.15, 0.2) is 41.4 Å². The first-order valence-corrected chi connectivity index (χ1v) is 7.38. The molecule has 100 valence electrons. The minimum absolute atomic E-state index is 0.0967. The van der Waals surface area contributed by atoms with Crippen LogP contribution in [0.5, 0.6) is 0 Å². The summed E-state index contributed by atoms with van der Waals surface area (Å²) in [5.41, 5.74) is 1.83. The summed E-state index contributed by atoms with van der Waals surface area (Å²) in [5, 5.41) is 3.84. The lowest BCUT2D eigenvalue weighted by Crippen LogP contribution is -2.37. The molecular formula is C15H18N2OS. The molecule has 0 aliphatic rings. The minimum atomic E-state index is 0.0967. The number of hydrogen-bond acceptors (Lipinski definition) is 3. The number of aromatic nitrogens is 1. The Morgan fingerprint density at radius 2 is 2.32 bits per heavy atom. The highest BCUT2D eigenvalue weighted by atomic mass is 32.1. The average molecular weight is 274 g/mol. The zero-order chi connectivity index (χ0) is 13.7. The van der Waals surface area contributed by atoms with E-state index >= 15 is 0 Å². The summed E-state index contributed by atoms with van der Waals surface area (Å²) < 4.78 is 0. The predicted molar refractivity (Wildman–Crippen MR) is 78.2 cm³/mol. The van der Waals surface area contributed by atoms with Crippen molar-refractivity contribution in [2.75, 3.05) is 0 Å². The van der Waals surface area contributed by atoms with Crippen LogP contribution >= 0.6 is 11.3 Å². The van der Waals surface area contributed by atoms with Crippen molar-refractivity contribution >= 4 is 17.2 Å². The van der Waals surface area contributed by atoms with Crippen molar-refractivity contribution in [2.45, 2.75) is 32.9 Å². The number of pyridine rings is 1. The lowest BCUT2D eigenvalue weighted by atomic mass is 10.1. The Morgan fingerprint density at radius 3 is 2.89 bits per heavy atom. The van der Waals surface area contributed by atoms with Crippen molar-refractivity contribution in [2.24, 2.45) is 0 Å². The zero-order valence-corrected chi connectivity index (χ0v) is 12.1. The molecule has 1 amide bonds. The summed E-state index contributed by atoms with van der Waals surface area (Å²) in [5.74, 6) is 0.0967. The molecule has 19 heavy (non-hydrogen) atoms. The predicted octanol–water partition coefficient (Wildman–Crippen LogP) is 3.58. The third kappa shape index (κ3) is 3.41. The normalized spacial score (nSPS) is 12.1. The maximum atomic E-state index is 12.5. The van der Waals surface area contributed by atoms with Crippen LogP contribution in [-0.2, 0) is 6.54 Å². The largest absolute Gasteiger partial charge is 0.332 e. The first-order valence-electron chi connectivity index (χ1n) is 6.44. The van der Waals surface area contributed by atoms with Gasteiger partial charge in [0.25, 0.3) is 5.91 Å². The summed E-state index contributed by atoms with van der Waals surface area (Å²) in [4.78, 5) is 18.5. The molecule has 0 N–H and O–H groups in total. The lowest BCUT2D eigenvalue weighted by molar-refractivity contribution is 0.0672. The van der Waals surface area contributed by atoms with Gasteiger partial charge in [0, 0.05) is 30.4 Å². The molecule has 0 radical (unpaired) electrons. The van der Waals surface area contributed by atoms with Gasteiger partial charge in [0.2, 0.25) is 0 Å². The van der Waals surface area contributed by atoms with Crippen LogP contribution in [0.1, 0.15) is 36.2 Å². The third-order valence-corrected chi connectivity index (χ3v) is 3.91. The van der Waals surface area contributed by atoms with Crippen LogP contribution in [0, 0.1) is 0 Å². The molecule has 4 heteroatoms. The van der Waals surface area contributed by atoms with Gasteiger partial charge in [-0.15, -0.1) is 0 Å². The van der Waals surface area contributed by atoms with Crippen molar-refractivity contribution in [3.05, 3.63) is 52.5 Å². The Morgan fingerprint density at radius 1 is 1.47 bits per heavy atom. The van der Waals surface area contributed by atoms with Gasteiger partial charge < -0.3 is 4.90 Å². The fourth-order valence-electron chi connectivity index (χ4n) is 1.89. The van der Waals surface area contributed by atoms with E-state index in [0.717, 1.165) is 17.5 Å². The fourth-order valence-corrected chi connectivity index (χ4v) is 2.52. The molecule has 2 aromatic heterocycles. The van der Waals surface area contributed by atoms with Crippen molar-refractivity contribution < 1.29 is 4.79 Å². The van der Waals surface area contributed by atoms with Gasteiger partial charge in [-0.25, -0.2) is 0 Å². The van der Waals surface area contributed by atoms with Gasteiger partial charge in [-0.1, -0.05) is 13.0 Å². The molecule has 2 aromatic rings. The zero-order valence-electron chi connectivity index (χ0n) is 11.2. The van der Waals surface area contributed by atoms with Crippen LogP contribution < -0.4 is 0 Å². The van der Waals surface area contributed by atoms with Crippen molar-refractivity contribution in [3.8, 4) is 0 Å². The van der Waals surface area contributed by atoms with Crippen molar-refractivity contribution in [1.29, 1.82) is 0 Å². The maximum absolute atomic E-state index is 12.5. The first kappa shape index (κ1) is 13.7. The Kier molecular flexibility index (Phi) is 4.68. The molecule has 1 atom stereocenters. The molecule has 0 saturated heterocycles. The average Bonchev–Trinajstić information content (AvgIpc) is 2.98. The second kappa shape index (κ2) is 6.48. The molecule has 0 unspecified atom stereocenters. The quantitative estimate of drug-likeness (QED) is 0.835. The second-order valence-corrected chi connectivity index (χ2v) is 5.34. The van der Waals surface area contributed by atoms with Gasteiger partial charge in [-0.3, -0.25) is 9.78 Å². The van der Waals surface area contributed by atoms with Crippen LogP contribution in [0.2, 0.25) is 0 Å². The van der Waals surface area contributed by atoms with Crippen LogP contribution in [0.4, 0.5) is 0 Å². The highest BCUT2D eigenvalue weighted by Gasteiger charge is 2.20. The van der Waals surface area contributed by atoms with Gasteiger partial charge in [-0.2, -0.15) is 11.3 Å². The monoisotopic (exact) mass is 274 g/mol. The van der Waals surface area contributed by atoms with E-state index in [4.69, 9.17) is 0 Å². The topological polar surface area (TPSA) is 33.2 Å². The number of nitrogens with zero attached hydrogens (tertiary/aromatic N) is 2. The van der Waals surface area contributed by atoms with E-state index < -0.39 is 0 Å². The Bertz CT molecular complexity index is 510. The summed E-state index contributed by atoms with van der Waals surface area (Å²) in [7, 11) is 0. The van der Waals surface area contributed by atoms with Gasteiger partial charge >= 0.3 is 0 Å². The maximum Gasteiger partial charge on any atom is 0.255 e. The molecule has 2 heterocycles. The van der Waals surface area contributed by atoms with E-state index in [1.54, 1.807) is 17.5 Å². The smallest absolute Gasteiger partial charge is 0.255 e. The molecule has 0 aromatic carbocycles. The molecular weight excluding hydrogens is 256 g/mol. The van der Waals surface area contributed by atoms with Crippen LogP contribution in [-0.4, -0.2) is 21.8 Å². The molecule has 0 aliphatic heterocycles. The highest BCUT2D eigenvalue weighted by molar-refractivity contribution is 7.08. The number of carbonyl (C=O) groups is 1. The highest BCUT2D eigenvalue weighted by Crippen LogP contribution is 2.16. The standard InChI is InChI=1S/C15H18N2OS/c1-3-12(2)17(10-13-5-4-7-16-9-13)15(18)14-6-8-19-11-14/h4-9,11-12H,3,10H2,1-2H3/t12-/m0/s1. The third-order valence-electron chi connectivity index (χ3n) is 3.23. The van der Waals surface area contributed by atoms with Gasteiger partial charge in [0.1, 0.15) is 0 Å². The summed E-state index contributed by atoms with van der Waals surface area (Å²) in [6.07, 6.45) is 4.50. The molecule has 0 bridgehead atoms. The summed E-state index contributed by atoms with van der Waals surface area (Å²) in [6.45, 7) is 4.79. The van der Waals surface area contributed by atoms with Crippen molar-refractivity contribution in [3.63, 3.8) is 0 Å². The van der Waals surface area contributed by atoms with E-state index in [-0.39, 0.29) is 11.9 Å². The summed E-state index contributed by atoms with van der Waals surface area (Å²) in [6, 6.07) is 6.00. The van der Waals surface area contributed by atoms with E-state index in [1.807, 2.05) is 40.1 Å².